The summed E-state index contributed by atoms with van der Waals surface area (Å²) in [7, 11) is 0. The molecule has 0 fully saturated rings. The zero-order valence-electron chi connectivity index (χ0n) is 13.0. The number of nitrogens with zero attached hydrogens (tertiary/aromatic N) is 1. The molecule has 1 aromatic carbocycles. The number of unbranched alkanes of at least 4 members (excludes halogenated alkanes) is 2. The standard InChI is InChI=1S/C18H23NO3/c1-15-18(22-14-16-8-4-2-5-9-16)17(21)10-12-19(15)11-6-3-7-13-20/h2,4-5,8-10,12,20H,3,6-7,11,13-14H2,1H3. The topological polar surface area (TPSA) is 51.5 Å². The van der Waals surface area contributed by atoms with Crippen molar-refractivity contribution < 1.29 is 9.84 Å². The van der Waals surface area contributed by atoms with Crippen LogP contribution in [0.3, 0.4) is 0 Å². The first-order valence-corrected chi connectivity index (χ1v) is 7.70. The first-order chi connectivity index (χ1) is 10.7. The van der Waals surface area contributed by atoms with Crippen molar-refractivity contribution in [3.8, 4) is 5.75 Å². The van der Waals surface area contributed by atoms with Crippen LogP contribution in [0.25, 0.3) is 0 Å². The van der Waals surface area contributed by atoms with Crippen molar-refractivity contribution in [3.05, 3.63) is 64.1 Å². The number of pyridine rings is 1. The van der Waals surface area contributed by atoms with E-state index in [0.29, 0.717) is 12.4 Å². The number of hydrogen-bond donors (Lipinski definition) is 1. The molecule has 0 radical (unpaired) electrons. The number of aliphatic hydroxyl groups excluding tert-OH is 1. The van der Waals surface area contributed by atoms with E-state index in [2.05, 4.69) is 0 Å². The Morgan fingerprint density at radius 3 is 2.59 bits per heavy atom. The van der Waals surface area contributed by atoms with Crippen LogP contribution in [-0.2, 0) is 13.2 Å². The highest BCUT2D eigenvalue weighted by atomic mass is 16.5. The van der Waals surface area contributed by atoms with Gasteiger partial charge >= 0.3 is 0 Å². The number of ether oxygens (including phenoxy) is 1. The van der Waals surface area contributed by atoms with Crippen molar-refractivity contribution in [2.45, 2.75) is 39.3 Å². The zero-order valence-corrected chi connectivity index (χ0v) is 13.0. The first kappa shape index (κ1) is 16.3. The minimum Gasteiger partial charge on any atom is -0.483 e. The van der Waals surface area contributed by atoms with Gasteiger partial charge in [0, 0.05) is 25.4 Å². The summed E-state index contributed by atoms with van der Waals surface area (Å²) in [4.78, 5) is 12.0. The first-order valence-electron chi connectivity index (χ1n) is 7.70. The second-order valence-electron chi connectivity index (χ2n) is 5.35. The summed E-state index contributed by atoms with van der Waals surface area (Å²) in [5, 5.41) is 8.81. The second-order valence-corrected chi connectivity index (χ2v) is 5.35. The van der Waals surface area contributed by atoms with Gasteiger partial charge in [-0.15, -0.1) is 0 Å². The molecule has 0 saturated carbocycles. The van der Waals surface area contributed by atoms with Gasteiger partial charge in [0.2, 0.25) is 5.43 Å². The number of aliphatic hydroxyl groups is 1. The minimum atomic E-state index is -0.0833. The van der Waals surface area contributed by atoms with Crippen LogP contribution < -0.4 is 10.2 Å². The van der Waals surface area contributed by atoms with Crippen molar-refractivity contribution in [1.29, 1.82) is 0 Å². The largest absolute Gasteiger partial charge is 0.483 e. The van der Waals surface area contributed by atoms with Crippen LogP contribution in [0.15, 0.2) is 47.4 Å². The third kappa shape index (κ3) is 4.46. The smallest absolute Gasteiger partial charge is 0.223 e. The third-order valence-corrected chi connectivity index (χ3v) is 3.67. The monoisotopic (exact) mass is 301 g/mol. The van der Waals surface area contributed by atoms with Gasteiger partial charge in [-0.1, -0.05) is 30.3 Å². The Morgan fingerprint density at radius 2 is 1.86 bits per heavy atom. The second kappa shape index (κ2) is 8.39. The molecule has 0 atom stereocenters. The van der Waals surface area contributed by atoms with E-state index in [1.54, 1.807) is 6.07 Å². The molecule has 118 valence electrons. The van der Waals surface area contributed by atoms with Gasteiger partial charge in [0.1, 0.15) is 6.61 Å². The van der Waals surface area contributed by atoms with E-state index in [1.807, 2.05) is 48.0 Å². The Morgan fingerprint density at radius 1 is 1.09 bits per heavy atom. The summed E-state index contributed by atoms with van der Waals surface area (Å²) in [6.45, 7) is 3.36. The summed E-state index contributed by atoms with van der Waals surface area (Å²) >= 11 is 0. The van der Waals surface area contributed by atoms with Crippen LogP contribution in [0, 0.1) is 6.92 Å². The highest BCUT2D eigenvalue weighted by molar-refractivity contribution is 5.28. The quantitative estimate of drug-likeness (QED) is 0.763. The van der Waals surface area contributed by atoms with Crippen LogP contribution >= 0.6 is 0 Å². The number of rotatable bonds is 8. The highest BCUT2D eigenvalue weighted by Crippen LogP contribution is 2.15. The van der Waals surface area contributed by atoms with Gasteiger partial charge in [0.05, 0.1) is 5.69 Å². The fourth-order valence-electron chi connectivity index (χ4n) is 2.37. The molecule has 4 heteroatoms. The summed E-state index contributed by atoms with van der Waals surface area (Å²) in [6, 6.07) is 11.4. The van der Waals surface area contributed by atoms with Gasteiger partial charge in [-0.2, -0.15) is 0 Å². The lowest BCUT2D eigenvalue weighted by molar-refractivity contribution is 0.281. The summed E-state index contributed by atoms with van der Waals surface area (Å²) < 4.78 is 7.79. The third-order valence-electron chi connectivity index (χ3n) is 3.67. The maximum absolute atomic E-state index is 12.0. The van der Waals surface area contributed by atoms with Gasteiger partial charge in [-0.25, -0.2) is 0 Å². The molecule has 1 aromatic heterocycles. The van der Waals surface area contributed by atoms with E-state index in [0.717, 1.165) is 37.1 Å². The number of aromatic nitrogens is 1. The molecule has 0 amide bonds. The van der Waals surface area contributed by atoms with Crippen LogP contribution in [0.1, 0.15) is 30.5 Å². The van der Waals surface area contributed by atoms with E-state index in [-0.39, 0.29) is 12.0 Å². The van der Waals surface area contributed by atoms with Gasteiger partial charge in [0.15, 0.2) is 5.75 Å². The fourth-order valence-corrected chi connectivity index (χ4v) is 2.37. The molecule has 0 aliphatic carbocycles. The van der Waals surface area contributed by atoms with Crippen molar-refractivity contribution >= 4 is 0 Å². The van der Waals surface area contributed by atoms with Crippen molar-refractivity contribution in [3.63, 3.8) is 0 Å². The highest BCUT2D eigenvalue weighted by Gasteiger charge is 2.08. The molecule has 0 saturated heterocycles. The SMILES string of the molecule is Cc1c(OCc2ccccc2)c(=O)ccn1CCCCCO. The Labute approximate surface area is 131 Å². The fraction of sp³-hybridized carbons (Fsp3) is 0.389. The van der Waals surface area contributed by atoms with Crippen molar-refractivity contribution in [2.75, 3.05) is 6.61 Å². The Hall–Kier alpha value is -2.07. The minimum absolute atomic E-state index is 0.0833. The van der Waals surface area contributed by atoms with Crippen LogP contribution in [-0.4, -0.2) is 16.3 Å². The van der Waals surface area contributed by atoms with Crippen molar-refractivity contribution in [1.82, 2.24) is 4.57 Å². The molecule has 22 heavy (non-hydrogen) atoms. The number of benzene rings is 1. The van der Waals surface area contributed by atoms with Crippen molar-refractivity contribution in [2.24, 2.45) is 0 Å². The van der Waals surface area contributed by atoms with Gasteiger partial charge < -0.3 is 14.4 Å². The lowest BCUT2D eigenvalue weighted by Crippen LogP contribution is -2.15. The maximum atomic E-state index is 12.0. The van der Waals surface area contributed by atoms with E-state index >= 15 is 0 Å². The maximum Gasteiger partial charge on any atom is 0.223 e. The summed E-state index contributed by atoms with van der Waals surface area (Å²) in [5.74, 6) is 0.425. The molecule has 2 aromatic rings. The van der Waals surface area contributed by atoms with E-state index in [4.69, 9.17) is 9.84 Å². The Kier molecular flexibility index (Phi) is 6.22. The van der Waals surface area contributed by atoms with Gasteiger partial charge in [-0.05, 0) is 31.7 Å². The van der Waals surface area contributed by atoms with Gasteiger partial charge in [-0.3, -0.25) is 4.79 Å². The molecule has 0 spiro atoms. The molecule has 0 aliphatic rings. The molecule has 4 nitrogen and oxygen atoms in total. The normalized spacial score (nSPS) is 10.6. The molecule has 0 aliphatic heterocycles. The van der Waals surface area contributed by atoms with Crippen LogP contribution in [0.4, 0.5) is 0 Å². The molecule has 0 bridgehead atoms. The molecule has 1 heterocycles. The summed E-state index contributed by atoms with van der Waals surface area (Å²) in [5.41, 5.74) is 1.81. The van der Waals surface area contributed by atoms with E-state index in [9.17, 15) is 4.79 Å². The molecule has 2 rings (SSSR count). The Balaban J connectivity index is 2.05. The number of hydrogen-bond acceptors (Lipinski definition) is 3. The van der Waals surface area contributed by atoms with Crippen LogP contribution in [0.5, 0.6) is 5.75 Å². The summed E-state index contributed by atoms with van der Waals surface area (Å²) in [6.07, 6.45) is 4.58. The predicted molar refractivity (Wildman–Crippen MR) is 87.1 cm³/mol. The van der Waals surface area contributed by atoms with Crippen LogP contribution in [0.2, 0.25) is 0 Å². The lowest BCUT2D eigenvalue weighted by atomic mass is 10.2. The predicted octanol–water partition coefficient (Wildman–Crippen LogP) is 2.90. The average molecular weight is 301 g/mol. The molecular weight excluding hydrogens is 278 g/mol. The lowest BCUT2D eigenvalue weighted by Gasteiger charge is -2.15. The molecular formula is C18H23NO3. The molecule has 0 unspecified atom stereocenters. The van der Waals surface area contributed by atoms with Gasteiger partial charge in [0.25, 0.3) is 0 Å². The average Bonchev–Trinajstić information content (AvgIpc) is 2.54. The van der Waals surface area contributed by atoms with E-state index < -0.39 is 0 Å². The Bertz CT molecular complexity index is 635. The zero-order chi connectivity index (χ0) is 15.8. The van der Waals surface area contributed by atoms with E-state index in [1.165, 1.54) is 0 Å². The molecule has 1 N–H and O–H groups in total. The number of aryl methyl sites for hydroxylation is 1.